The van der Waals surface area contributed by atoms with Crippen LogP contribution in [0.1, 0.15) is 29.3 Å². The first-order valence-electron chi connectivity index (χ1n) is 10.2. The molecule has 1 amide bonds. The number of hydrogen-bond donors (Lipinski definition) is 2. The second-order valence-electron chi connectivity index (χ2n) is 7.45. The van der Waals surface area contributed by atoms with E-state index in [1.807, 2.05) is 18.2 Å². The van der Waals surface area contributed by atoms with Crippen molar-refractivity contribution < 1.29 is 4.79 Å². The quantitative estimate of drug-likeness (QED) is 0.516. The molecule has 1 unspecified atom stereocenters. The van der Waals surface area contributed by atoms with Crippen molar-refractivity contribution in [3.63, 3.8) is 0 Å². The Labute approximate surface area is 177 Å². The molecule has 0 radical (unpaired) electrons. The highest BCUT2D eigenvalue weighted by Crippen LogP contribution is 2.27. The Hall–Kier alpha value is -2.38. The molecule has 2 N–H and O–H groups in total. The van der Waals surface area contributed by atoms with E-state index in [0.29, 0.717) is 18.5 Å². The Bertz CT molecular complexity index is 770. The fourth-order valence-electron chi connectivity index (χ4n) is 3.38. The molecule has 1 aromatic heterocycles. The van der Waals surface area contributed by atoms with Crippen LogP contribution in [-0.4, -0.2) is 61.9 Å². The van der Waals surface area contributed by atoms with Crippen LogP contribution in [0.2, 0.25) is 0 Å². The molecular formula is C22H31N5OS. The number of carbonyl (C=O) groups is 1. The lowest BCUT2D eigenvalue weighted by Crippen LogP contribution is -2.45. The smallest absolute Gasteiger partial charge is 0.241 e. The van der Waals surface area contributed by atoms with E-state index >= 15 is 0 Å². The average Bonchev–Trinajstić information content (AvgIpc) is 3.45. The van der Waals surface area contributed by atoms with Crippen molar-refractivity contribution in [3.8, 4) is 0 Å². The molecule has 0 aliphatic carbocycles. The highest BCUT2D eigenvalue weighted by molar-refractivity contribution is 7.10. The number of likely N-dealkylation sites (tertiary alicyclic amines) is 1. The number of nitrogens with zero attached hydrogens (tertiary/aromatic N) is 3. The minimum absolute atomic E-state index is 0.0218. The Morgan fingerprint density at radius 3 is 2.55 bits per heavy atom. The molecule has 6 nitrogen and oxygen atoms in total. The lowest BCUT2D eigenvalue weighted by atomic mass is 10.2. The van der Waals surface area contributed by atoms with Crippen molar-refractivity contribution in [3.05, 3.63) is 58.3 Å². The number of amides is 1. The molecule has 0 spiro atoms. The highest BCUT2D eigenvalue weighted by Gasteiger charge is 2.24. The van der Waals surface area contributed by atoms with Crippen LogP contribution in [0.4, 0.5) is 0 Å². The molecule has 1 aliphatic heterocycles. The molecule has 29 heavy (non-hydrogen) atoms. The summed E-state index contributed by atoms with van der Waals surface area (Å²) in [6, 6.07) is 14.8. The summed E-state index contributed by atoms with van der Waals surface area (Å²) < 4.78 is 0. The van der Waals surface area contributed by atoms with E-state index in [0.717, 1.165) is 25.2 Å². The number of benzene rings is 1. The maximum atomic E-state index is 12.0. The normalized spacial score (nSPS) is 15.9. The van der Waals surface area contributed by atoms with Crippen molar-refractivity contribution in [2.45, 2.75) is 25.4 Å². The first kappa shape index (κ1) is 21.3. The molecule has 1 saturated heterocycles. The number of nitrogens with one attached hydrogen (secondary N) is 2. The van der Waals surface area contributed by atoms with Gasteiger partial charge in [-0.05, 0) is 42.9 Å². The van der Waals surface area contributed by atoms with Gasteiger partial charge in [-0.15, -0.1) is 11.3 Å². The largest absolute Gasteiger partial charge is 0.354 e. The van der Waals surface area contributed by atoms with Crippen molar-refractivity contribution in [2.75, 3.05) is 40.3 Å². The minimum Gasteiger partial charge on any atom is -0.354 e. The van der Waals surface area contributed by atoms with Crippen LogP contribution in [0.15, 0.2) is 52.8 Å². The first-order valence-corrected chi connectivity index (χ1v) is 11.0. The Morgan fingerprint density at radius 2 is 1.90 bits per heavy atom. The van der Waals surface area contributed by atoms with E-state index in [1.165, 1.54) is 17.7 Å². The summed E-state index contributed by atoms with van der Waals surface area (Å²) in [6.07, 6.45) is 2.51. The molecule has 156 valence electrons. The third kappa shape index (κ3) is 6.58. The fraction of sp³-hybridized carbons (Fsp3) is 0.455. The molecule has 0 saturated carbocycles. The van der Waals surface area contributed by atoms with E-state index < -0.39 is 0 Å². The van der Waals surface area contributed by atoms with Crippen molar-refractivity contribution in [2.24, 2.45) is 4.99 Å². The Balaban J connectivity index is 1.67. The van der Waals surface area contributed by atoms with Gasteiger partial charge >= 0.3 is 0 Å². The molecule has 7 heteroatoms. The van der Waals surface area contributed by atoms with E-state index in [2.05, 4.69) is 45.2 Å². The molecule has 2 heterocycles. The average molecular weight is 414 g/mol. The highest BCUT2D eigenvalue weighted by atomic mass is 32.1. The van der Waals surface area contributed by atoms with Gasteiger partial charge in [-0.1, -0.05) is 36.4 Å². The predicted octanol–water partition coefficient (Wildman–Crippen LogP) is 2.71. The van der Waals surface area contributed by atoms with Gasteiger partial charge in [-0.3, -0.25) is 9.69 Å². The van der Waals surface area contributed by atoms with Crippen LogP contribution in [-0.2, 0) is 11.3 Å². The molecule has 3 rings (SSSR count). The summed E-state index contributed by atoms with van der Waals surface area (Å²) in [6.45, 7) is 3.82. The lowest BCUT2D eigenvalue weighted by molar-refractivity contribution is -0.127. The summed E-state index contributed by atoms with van der Waals surface area (Å²) in [5.41, 5.74) is 1.14. The van der Waals surface area contributed by atoms with Crippen molar-refractivity contribution in [1.29, 1.82) is 0 Å². The zero-order valence-electron chi connectivity index (χ0n) is 17.3. The monoisotopic (exact) mass is 413 g/mol. The van der Waals surface area contributed by atoms with Gasteiger partial charge in [-0.25, -0.2) is 4.99 Å². The van der Waals surface area contributed by atoms with Gasteiger partial charge in [0.2, 0.25) is 5.91 Å². The van der Waals surface area contributed by atoms with Gasteiger partial charge in [0.15, 0.2) is 5.96 Å². The number of thiophene rings is 1. The van der Waals surface area contributed by atoms with E-state index in [-0.39, 0.29) is 12.5 Å². The Morgan fingerprint density at radius 1 is 1.14 bits per heavy atom. The zero-order chi connectivity index (χ0) is 20.5. The topological polar surface area (TPSA) is 60.0 Å². The number of aliphatic imine (C=N–C) groups is 1. The third-order valence-corrected chi connectivity index (χ3v) is 6.06. The SMILES string of the molecule is CN(C)C(=O)CNC(=NCc1ccccc1)NCC(c1cccs1)N1CCCC1. The first-order chi connectivity index (χ1) is 14.1. The Kier molecular flexibility index (Phi) is 8.07. The third-order valence-electron chi connectivity index (χ3n) is 5.08. The van der Waals surface area contributed by atoms with Crippen LogP contribution >= 0.6 is 11.3 Å². The molecule has 0 bridgehead atoms. The van der Waals surface area contributed by atoms with Gasteiger partial charge in [0.05, 0.1) is 19.1 Å². The van der Waals surface area contributed by atoms with Gasteiger partial charge < -0.3 is 15.5 Å². The van der Waals surface area contributed by atoms with E-state index in [1.54, 1.807) is 30.3 Å². The summed E-state index contributed by atoms with van der Waals surface area (Å²) in [5, 5.41) is 8.81. The molecule has 2 aromatic rings. The van der Waals surface area contributed by atoms with Crippen molar-refractivity contribution in [1.82, 2.24) is 20.4 Å². The van der Waals surface area contributed by atoms with Crippen LogP contribution < -0.4 is 10.6 Å². The van der Waals surface area contributed by atoms with Gasteiger partial charge in [0.25, 0.3) is 0 Å². The van der Waals surface area contributed by atoms with E-state index in [9.17, 15) is 4.79 Å². The maximum absolute atomic E-state index is 12.0. The van der Waals surface area contributed by atoms with Crippen LogP contribution in [0.25, 0.3) is 0 Å². The van der Waals surface area contributed by atoms with Crippen LogP contribution in [0.3, 0.4) is 0 Å². The van der Waals surface area contributed by atoms with Crippen LogP contribution in [0, 0.1) is 0 Å². The number of guanidine groups is 1. The lowest BCUT2D eigenvalue weighted by Gasteiger charge is -2.27. The van der Waals surface area contributed by atoms with Gasteiger partial charge in [0.1, 0.15) is 0 Å². The minimum atomic E-state index is 0.0218. The molecule has 1 aliphatic rings. The molecule has 1 aromatic carbocycles. The van der Waals surface area contributed by atoms with Crippen LogP contribution in [0.5, 0.6) is 0 Å². The number of carbonyl (C=O) groups excluding carboxylic acids is 1. The summed E-state index contributed by atoms with van der Waals surface area (Å²) in [5.74, 6) is 0.693. The summed E-state index contributed by atoms with van der Waals surface area (Å²) in [4.78, 5) is 22.2. The zero-order valence-corrected chi connectivity index (χ0v) is 18.1. The van der Waals surface area contributed by atoms with Gasteiger partial charge in [0, 0.05) is 25.5 Å². The molecule has 1 atom stereocenters. The standard InChI is InChI=1S/C22H31N5OS/c1-26(2)21(28)17-25-22(23-15-18-9-4-3-5-10-18)24-16-19(20-11-8-14-29-20)27-12-6-7-13-27/h3-5,8-11,14,19H,6-7,12-13,15-17H2,1-2H3,(H2,23,24,25). The summed E-state index contributed by atoms with van der Waals surface area (Å²) in [7, 11) is 3.52. The summed E-state index contributed by atoms with van der Waals surface area (Å²) >= 11 is 1.80. The number of likely N-dealkylation sites (N-methyl/N-ethyl adjacent to an activating group) is 1. The second-order valence-corrected chi connectivity index (χ2v) is 8.43. The van der Waals surface area contributed by atoms with E-state index in [4.69, 9.17) is 4.99 Å². The van der Waals surface area contributed by atoms with Gasteiger partial charge in [-0.2, -0.15) is 0 Å². The van der Waals surface area contributed by atoms with Crippen molar-refractivity contribution >= 4 is 23.2 Å². The predicted molar refractivity (Wildman–Crippen MR) is 120 cm³/mol. The molecular weight excluding hydrogens is 382 g/mol. The molecule has 1 fully saturated rings. The second kappa shape index (κ2) is 11.0. The number of rotatable bonds is 8. The maximum Gasteiger partial charge on any atom is 0.241 e. The number of hydrogen-bond acceptors (Lipinski definition) is 4. The fourth-order valence-corrected chi connectivity index (χ4v) is 4.24.